The van der Waals surface area contributed by atoms with Crippen molar-refractivity contribution < 1.29 is 13.2 Å². The molecule has 0 aromatic heterocycles. The van der Waals surface area contributed by atoms with Gasteiger partial charge >= 0.3 is 6.18 Å². The molecule has 0 bridgehead atoms. The molecule has 19 heavy (non-hydrogen) atoms. The second-order valence-corrected chi connectivity index (χ2v) is 5.75. The van der Waals surface area contributed by atoms with Crippen molar-refractivity contribution in [2.75, 3.05) is 17.3 Å². The molecule has 1 aliphatic heterocycles. The molecule has 2 rings (SSSR count). The Kier molecular flexibility index (Phi) is 4.30. The van der Waals surface area contributed by atoms with Gasteiger partial charge in [0.25, 0.3) is 0 Å². The van der Waals surface area contributed by atoms with Gasteiger partial charge < -0.3 is 11.1 Å². The number of hydrogen-bond donors (Lipinski definition) is 2. The first-order valence-electron chi connectivity index (χ1n) is 6.14. The zero-order valence-corrected chi connectivity index (χ0v) is 11.4. The summed E-state index contributed by atoms with van der Waals surface area (Å²) >= 11 is 1.75. The Bertz CT molecular complexity index is 448. The predicted octanol–water partition coefficient (Wildman–Crippen LogP) is 3.64. The second kappa shape index (κ2) is 5.63. The quantitative estimate of drug-likeness (QED) is 0.892. The first-order valence-corrected chi connectivity index (χ1v) is 7.53. The number of alkyl halides is 3. The molecule has 3 N–H and O–H groups in total. The van der Waals surface area contributed by atoms with Crippen LogP contribution in [0.1, 0.15) is 30.0 Å². The Morgan fingerprint density at radius 3 is 2.79 bits per heavy atom. The van der Waals surface area contributed by atoms with Gasteiger partial charge in [-0.2, -0.15) is 24.9 Å². The van der Waals surface area contributed by atoms with Gasteiger partial charge in [0.05, 0.1) is 5.56 Å². The zero-order valence-electron chi connectivity index (χ0n) is 10.6. The summed E-state index contributed by atoms with van der Waals surface area (Å²) in [5.74, 6) is 1.01. The lowest BCUT2D eigenvalue weighted by Crippen LogP contribution is -2.32. The second-order valence-electron chi connectivity index (χ2n) is 4.76. The van der Waals surface area contributed by atoms with E-state index in [2.05, 4.69) is 5.32 Å². The highest BCUT2D eigenvalue weighted by Crippen LogP contribution is 2.37. The minimum Gasteiger partial charge on any atom is -0.382 e. The van der Waals surface area contributed by atoms with Crippen LogP contribution in [-0.4, -0.2) is 18.1 Å². The van der Waals surface area contributed by atoms with Crippen molar-refractivity contribution in [1.29, 1.82) is 0 Å². The highest BCUT2D eigenvalue weighted by atomic mass is 32.2. The molecular formula is C13H17F3N2S. The van der Waals surface area contributed by atoms with Gasteiger partial charge in [-0.1, -0.05) is 0 Å². The molecular weight excluding hydrogens is 273 g/mol. The van der Waals surface area contributed by atoms with Gasteiger partial charge in [-0.05, 0) is 48.6 Å². The monoisotopic (exact) mass is 290 g/mol. The Morgan fingerprint density at radius 2 is 2.16 bits per heavy atom. The summed E-state index contributed by atoms with van der Waals surface area (Å²) in [7, 11) is 0. The van der Waals surface area contributed by atoms with Crippen LogP contribution in [0.25, 0.3) is 0 Å². The van der Waals surface area contributed by atoms with Crippen LogP contribution in [0.15, 0.2) is 18.2 Å². The SMILES string of the molecule is CSCCC1CC(N)c2cc(C(F)(F)F)ccc2N1. The standard InChI is InChI=1S/C13H17F3N2S/c1-19-5-4-9-7-11(17)10-6-8(13(14,15)16)2-3-12(10)18-9/h2-3,6,9,11,18H,4-5,7,17H2,1H3. The summed E-state index contributed by atoms with van der Waals surface area (Å²) in [4.78, 5) is 0. The van der Waals surface area contributed by atoms with Gasteiger partial charge in [-0.15, -0.1) is 0 Å². The first kappa shape index (κ1) is 14.5. The number of rotatable bonds is 3. The van der Waals surface area contributed by atoms with Crippen LogP contribution in [0.2, 0.25) is 0 Å². The third kappa shape index (κ3) is 3.36. The molecule has 106 valence electrons. The highest BCUT2D eigenvalue weighted by Gasteiger charge is 2.33. The minimum absolute atomic E-state index is 0.242. The third-order valence-electron chi connectivity index (χ3n) is 3.35. The number of benzene rings is 1. The average molecular weight is 290 g/mol. The normalized spacial score (nSPS) is 22.8. The molecule has 2 unspecified atom stereocenters. The van der Waals surface area contributed by atoms with E-state index in [0.29, 0.717) is 12.0 Å². The molecule has 0 fully saturated rings. The lowest BCUT2D eigenvalue weighted by Gasteiger charge is -2.31. The smallest absolute Gasteiger partial charge is 0.382 e. The third-order valence-corrected chi connectivity index (χ3v) is 3.99. The number of halogens is 3. The fraction of sp³-hybridized carbons (Fsp3) is 0.538. The zero-order chi connectivity index (χ0) is 14.0. The molecule has 0 spiro atoms. The van der Waals surface area contributed by atoms with E-state index in [1.807, 2.05) is 6.26 Å². The maximum absolute atomic E-state index is 12.7. The van der Waals surface area contributed by atoms with Crippen molar-refractivity contribution in [1.82, 2.24) is 0 Å². The summed E-state index contributed by atoms with van der Waals surface area (Å²) < 4.78 is 38.0. The molecule has 0 saturated heterocycles. The van der Waals surface area contributed by atoms with Crippen LogP contribution in [0.4, 0.5) is 18.9 Å². The Hall–Kier alpha value is -0.880. The van der Waals surface area contributed by atoms with Crippen molar-refractivity contribution in [2.24, 2.45) is 5.73 Å². The van der Waals surface area contributed by atoms with E-state index in [4.69, 9.17) is 5.73 Å². The molecule has 0 saturated carbocycles. The number of hydrogen-bond acceptors (Lipinski definition) is 3. The van der Waals surface area contributed by atoms with Crippen molar-refractivity contribution >= 4 is 17.4 Å². The average Bonchev–Trinajstić information content (AvgIpc) is 2.35. The fourth-order valence-electron chi connectivity index (χ4n) is 2.34. The van der Waals surface area contributed by atoms with E-state index in [9.17, 15) is 13.2 Å². The summed E-state index contributed by atoms with van der Waals surface area (Å²) in [6.07, 6.45) is -0.638. The van der Waals surface area contributed by atoms with Gasteiger partial charge in [0.1, 0.15) is 0 Å². The molecule has 1 aliphatic rings. The maximum atomic E-state index is 12.7. The minimum atomic E-state index is -4.32. The lowest BCUT2D eigenvalue weighted by atomic mass is 9.91. The molecule has 0 amide bonds. The lowest BCUT2D eigenvalue weighted by molar-refractivity contribution is -0.137. The van der Waals surface area contributed by atoms with E-state index in [0.717, 1.165) is 30.0 Å². The van der Waals surface area contributed by atoms with Crippen molar-refractivity contribution in [3.05, 3.63) is 29.3 Å². The van der Waals surface area contributed by atoms with Crippen LogP contribution in [0.3, 0.4) is 0 Å². The van der Waals surface area contributed by atoms with E-state index in [1.165, 1.54) is 6.07 Å². The van der Waals surface area contributed by atoms with E-state index in [1.54, 1.807) is 11.8 Å². The summed E-state index contributed by atoms with van der Waals surface area (Å²) in [5, 5.41) is 3.28. The highest BCUT2D eigenvalue weighted by molar-refractivity contribution is 7.98. The van der Waals surface area contributed by atoms with Crippen LogP contribution < -0.4 is 11.1 Å². The predicted molar refractivity (Wildman–Crippen MR) is 73.4 cm³/mol. The van der Waals surface area contributed by atoms with E-state index >= 15 is 0 Å². The summed E-state index contributed by atoms with van der Waals surface area (Å²) in [6, 6.07) is 3.67. The number of nitrogens with two attached hydrogens (primary N) is 1. The van der Waals surface area contributed by atoms with Gasteiger partial charge in [0.15, 0.2) is 0 Å². The van der Waals surface area contributed by atoms with Crippen molar-refractivity contribution in [3.8, 4) is 0 Å². The van der Waals surface area contributed by atoms with Crippen LogP contribution in [0.5, 0.6) is 0 Å². The van der Waals surface area contributed by atoms with Gasteiger partial charge in [-0.3, -0.25) is 0 Å². The van der Waals surface area contributed by atoms with E-state index < -0.39 is 11.7 Å². The largest absolute Gasteiger partial charge is 0.416 e. The number of thioether (sulfide) groups is 1. The first-order chi connectivity index (χ1) is 8.91. The molecule has 1 aromatic carbocycles. The molecule has 0 radical (unpaired) electrons. The van der Waals surface area contributed by atoms with E-state index in [-0.39, 0.29) is 12.1 Å². The molecule has 1 aromatic rings. The number of anilines is 1. The van der Waals surface area contributed by atoms with Gasteiger partial charge in [-0.25, -0.2) is 0 Å². The topological polar surface area (TPSA) is 38.0 Å². The molecule has 0 aliphatic carbocycles. The number of nitrogens with one attached hydrogen (secondary N) is 1. The Morgan fingerprint density at radius 1 is 1.42 bits per heavy atom. The van der Waals surface area contributed by atoms with Crippen LogP contribution in [-0.2, 0) is 6.18 Å². The molecule has 2 atom stereocenters. The fourth-order valence-corrected chi connectivity index (χ4v) is 2.86. The Labute approximate surface area is 114 Å². The van der Waals surface area contributed by atoms with Crippen LogP contribution in [0, 0.1) is 0 Å². The van der Waals surface area contributed by atoms with Crippen molar-refractivity contribution in [3.63, 3.8) is 0 Å². The maximum Gasteiger partial charge on any atom is 0.416 e. The molecule has 2 nitrogen and oxygen atoms in total. The van der Waals surface area contributed by atoms with Crippen LogP contribution >= 0.6 is 11.8 Å². The van der Waals surface area contributed by atoms with Gasteiger partial charge in [0, 0.05) is 17.8 Å². The number of fused-ring (bicyclic) bond motifs is 1. The molecule has 6 heteroatoms. The summed E-state index contributed by atoms with van der Waals surface area (Å²) in [5.41, 5.74) is 6.67. The Balaban J connectivity index is 2.21. The summed E-state index contributed by atoms with van der Waals surface area (Å²) in [6.45, 7) is 0. The van der Waals surface area contributed by atoms with Crippen molar-refractivity contribution in [2.45, 2.75) is 31.1 Å². The van der Waals surface area contributed by atoms with Gasteiger partial charge in [0.2, 0.25) is 0 Å². The molecule has 1 heterocycles.